The summed E-state index contributed by atoms with van der Waals surface area (Å²) in [7, 11) is 0. The quantitative estimate of drug-likeness (QED) is 0.294. The molecule has 0 aromatic carbocycles. The molecule has 182 valence electrons. The van der Waals surface area contributed by atoms with Crippen LogP contribution >= 0.6 is 0 Å². The second-order valence-corrected chi connectivity index (χ2v) is 9.49. The molecule has 1 saturated carbocycles. The average molecular weight is 488 g/mol. The highest BCUT2D eigenvalue weighted by molar-refractivity contribution is 5.99. The van der Waals surface area contributed by atoms with Gasteiger partial charge in [-0.2, -0.15) is 5.10 Å². The van der Waals surface area contributed by atoms with Gasteiger partial charge in [-0.05, 0) is 68.1 Å². The van der Waals surface area contributed by atoms with Gasteiger partial charge in [0.2, 0.25) is 0 Å². The highest BCUT2D eigenvalue weighted by atomic mass is 16.5. The molecule has 0 radical (unpaired) electrons. The van der Waals surface area contributed by atoms with Crippen LogP contribution in [0.4, 0.5) is 0 Å². The molecule has 6 aromatic rings. The predicted molar refractivity (Wildman–Crippen MR) is 143 cm³/mol. The molecule has 8 heteroatoms. The van der Waals surface area contributed by atoms with Gasteiger partial charge in [-0.25, -0.2) is 4.98 Å². The number of hydrogen-bond acceptors (Lipinski definition) is 6. The van der Waals surface area contributed by atoms with Crippen molar-refractivity contribution in [1.29, 1.82) is 0 Å². The van der Waals surface area contributed by atoms with E-state index in [0.717, 1.165) is 74.4 Å². The molecule has 1 aliphatic carbocycles. The van der Waals surface area contributed by atoms with Crippen molar-refractivity contribution in [2.75, 3.05) is 0 Å². The molecule has 0 saturated heterocycles. The van der Waals surface area contributed by atoms with Crippen LogP contribution in [0, 0.1) is 0 Å². The number of pyridine rings is 4. The normalized spacial score (nSPS) is 14.4. The van der Waals surface area contributed by atoms with Crippen molar-refractivity contribution in [2.24, 2.45) is 0 Å². The first-order valence-electron chi connectivity index (χ1n) is 12.7. The van der Waals surface area contributed by atoms with E-state index >= 15 is 0 Å². The van der Waals surface area contributed by atoms with Crippen LogP contribution in [0.25, 0.3) is 55.8 Å². The highest BCUT2D eigenvalue weighted by Gasteiger charge is 2.18. The number of ether oxygens (including phenoxy) is 1. The standard InChI is InChI=1S/C29H25N7O/c1-2-4-20(5-3-1)37-21-14-19(16-31-17-21)23-6-7-25-28(34-23)29(36-35-25)26-15-22-24(33-26)10-13-32-27(22)18-8-11-30-12-9-18/h6-17,20,33H,1-5H2,(H,35,36). The smallest absolute Gasteiger partial charge is 0.138 e. The van der Waals surface area contributed by atoms with E-state index < -0.39 is 0 Å². The Kier molecular flexibility index (Phi) is 5.35. The number of hydrogen-bond donors (Lipinski definition) is 2. The summed E-state index contributed by atoms with van der Waals surface area (Å²) >= 11 is 0. The number of nitrogens with zero attached hydrogens (tertiary/aromatic N) is 5. The van der Waals surface area contributed by atoms with Gasteiger partial charge in [-0.15, -0.1) is 0 Å². The monoisotopic (exact) mass is 487 g/mol. The van der Waals surface area contributed by atoms with Gasteiger partial charge in [0.25, 0.3) is 0 Å². The minimum Gasteiger partial charge on any atom is -0.489 e. The molecular weight excluding hydrogens is 462 g/mol. The Morgan fingerprint density at radius 1 is 0.784 bits per heavy atom. The third-order valence-electron chi connectivity index (χ3n) is 7.03. The molecule has 1 aliphatic rings. The maximum atomic E-state index is 6.24. The molecule has 6 heterocycles. The summed E-state index contributed by atoms with van der Waals surface area (Å²) in [5.41, 5.74) is 7.95. The van der Waals surface area contributed by atoms with Crippen molar-refractivity contribution in [3.63, 3.8) is 0 Å². The second-order valence-electron chi connectivity index (χ2n) is 9.49. The molecule has 7 rings (SSSR count). The average Bonchev–Trinajstić information content (AvgIpc) is 3.58. The summed E-state index contributed by atoms with van der Waals surface area (Å²) in [6.45, 7) is 0. The summed E-state index contributed by atoms with van der Waals surface area (Å²) in [5, 5.41) is 8.75. The van der Waals surface area contributed by atoms with Crippen LogP contribution in [-0.2, 0) is 0 Å². The first-order chi connectivity index (χ1) is 18.3. The Morgan fingerprint density at radius 2 is 1.68 bits per heavy atom. The van der Waals surface area contributed by atoms with Crippen molar-refractivity contribution >= 4 is 21.9 Å². The molecule has 0 atom stereocenters. The minimum absolute atomic E-state index is 0.273. The number of fused-ring (bicyclic) bond motifs is 2. The van der Waals surface area contributed by atoms with Crippen molar-refractivity contribution in [1.82, 2.24) is 35.1 Å². The van der Waals surface area contributed by atoms with E-state index in [4.69, 9.17) is 9.72 Å². The van der Waals surface area contributed by atoms with Crippen molar-refractivity contribution in [2.45, 2.75) is 38.2 Å². The van der Waals surface area contributed by atoms with Gasteiger partial charge in [0.1, 0.15) is 17.0 Å². The molecule has 0 spiro atoms. The Labute approximate surface area is 213 Å². The molecule has 0 bridgehead atoms. The molecule has 8 nitrogen and oxygen atoms in total. The van der Waals surface area contributed by atoms with Crippen LogP contribution in [0.3, 0.4) is 0 Å². The third kappa shape index (κ3) is 4.10. The van der Waals surface area contributed by atoms with Crippen LogP contribution < -0.4 is 4.74 Å². The zero-order valence-electron chi connectivity index (χ0n) is 20.2. The highest BCUT2D eigenvalue weighted by Crippen LogP contribution is 2.33. The maximum absolute atomic E-state index is 6.24. The van der Waals surface area contributed by atoms with Crippen molar-refractivity contribution in [3.8, 4) is 39.7 Å². The molecule has 2 N–H and O–H groups in total. The molecule has 0 aliphatic heterocycles. The Balaban J connectivity index is 1.26. The van der Waals surface area contributed by atoms with E-state index in [1.165, 1.54) is 19.3 Å². The molecular formula is C29H25N7O. The SMILES string of the molecule is c1cc(-c2nccc3[nH]c(-c4n[nH]c5ccc(-c6cncc(OC7CCCCC7)c6)nc45)cc23)ccn1. The Hall–Kier alpha value is -4.59. The van der Waals surface area contributed by atoms with E-state index in [0.29, 0.717) is 0 Å². The lowest BCUT2D eigenvalue weighted by Gasteiger charge is -2.22. The van der Waals surface area contributed by atoms with Crippen LogP contribution in [0.2, 0.25) is 0 Å². The molecule has 0 unspecified atom stereocenters. The van der Waals surface area contributed by atoms with Crippen molar-refractivity contribution < 1.29 is 4.74 Å². The summed E-state index contributed by atoms with van der Waals surface area (Å²) in [6.07, 6.45) is 15.2. The van der Waals surface area contributed by atoms with Gasteiger partial charge in [0.15, 0.2) is 0 Å². The van der Waals surface area contributed by atoms with E-state index in [-0.39, 0.29) is 6.10 Å². The van der Waals surface area contributed by atoms with Crippen LogP contribution in [0.15, 0.2) is 73.4 Å². The first kappa shape index (κ1) is 21.7. The van der Waals surface area contributed by atoms with Gasteiger partial charge < -0.3 is 9.72 Å². The predicted octanol–water partition coefficient (Wildman–Crippen LogP) is 6.34. The lowest BCUT2D eigenvalue weighted by Crippen LogP contribution is -2.19. The van der Waals surface area contributed by atoms with E-state index in [9.17, 15) is 0 Å². The van der Waals surface area contributed by atoms with Gasteiger partial charge in [0, 0.05) is 46.8 Å². The Bertz CT molecular complexity index is 1700. The van der Waals surface area contributed by atoms with Gasteiger partial charge in [-0.3, -0.25) is 20.1 Å². The largest absolute Gasteiger partial charge is 0.489 e. The number of aromatic nitrogens is 7. The van der Waals surface area contributed by atoms with Gasteiger partial charge in [0.05, 0.1) is 34.9 Å². The second kappa shape index (κ2) is 9.13. The fourth-order valence-corrected chi connectivity index (χ4v) is 5.17. The maximum Gasteiger partial charge on any atom is 0.138 e. The van der Waals surface area contributed by atoms with Crippen molar-refractivity contribution in [3.05, 3.63) is 73.4 Å². The number of H-pyrrole nitrogens is 2. The first-order valence-corrected chi connectivity index (χ1v) is 12.7. The molecule has 6 aromatic heterocycles. The van der Waals surface area contributed by atoms with Gasteiger partial charge in [-0.1, -0.05) is 6.42 Å². The lowest BCUT2D eigenvalue weighted by molar-refractivity contribution is 0.154. The summed E-state index contributed by atoms with van der Waals surface area (Å²) in [5.74, 6) is 0.797. The summed E-state index contributed by atoms with van der Waals surface area (Å²) in [4.78, 5) is 21.7. The van der Waals surface area contributed by atoms with Gasteiger partial charge >= 0.3 is 0 Å². The molecule has 1 fully saturated rings. The number of nitrogens with one attached hydrogen (secondary N) is 2. The fraction of sp³-hybridized carbons (Fsp3) is 0.207. The number of rotatable bonds is 5. The summed E-state index contributed by atoms with van der Waals surface area (Å²) in [6, 6.07) is 14.0. The summed E-state index contributed by atoms with van der Waals surface area (Å²) < 4.78 is 6.24. The minimum atomic E-state index is 0.273. The van der Waals surface area contributed by atoms with E-state index in [1.54, 1.807) is 18.6 Å². The molecule has 0 amide bonds. The van der Waals surface area contributed by atoms with E-state index in [2.05, 4.69) is 36.2 Å². The van der Waals surface area contributed by atoms with Crippen LogP contribution in [0.1, 0.15) is 32.1 Å². The zero-order chi connectivity index (χ0) is 24.6. The van der Waals surface area contributed by atoms with Crippen LogP contribution in [-0.4, -0.2) is 41.2 Å². The lowest BCUT2D eigenvalue weighted by atomic mass is 9.98. The fourth-order valence-electron chi connectivity index (χ4n) is 5.17. The zero-order valence-corrected chi connectivity index (χ0v) is 20.2. The topological polar surface area (TPSA) is 105 Å². The van der Waals surface area contributed by atoms with E-state index in [1.807, 2.05) is 48.8 Å². The number of aromatic amines is 2. The molecule has 37 heavy (non-hydrogen) atoms. The van der Waals surface area contributed by atoms with Crippen LogP contribution in [0.5, 0.6) is 5.75 Å². The Morgan fingerprint density at radius 3 is 2.57 bits per heavy atom. The third-order valence-corrected chi connectivity index (χ3v) is 7.03.